The molecule has 1 N–H and O–H groups in total. The molecule has 84 valence electrons. The van der Waals surface area contributed by atoms with Crippen LogP contribution >= 0.6 is 0 Å². The topological polar surface area (TPSA) is 46.2 Å². The first kappa shape index (κ1) is 10.7. The van der Waals surface area contributed by atoms with Gasteiger partial charge >= 0.3 is 0 Å². The number of carbonyl (C=O) groups is 2. The van der Waals surface area contributed by atoms with Crippen molar-refractivity contribution < 1.29 is 9.59 Å². The number of carbonyl (C=O) groups excluding carboxylic acids is 2. The Balaban J connectivity index is 1.68. The molecule has 3 heteroatoms. The maximum Gasteiger partial charge on any atom is 0.223 e. The number of ketones is 1. The van der Waals surface area contributed by atoms with Crippen LogP contribution in [0.5, 0.6) is 0 Å². The summed E-state index contributed by atoms with van der Waals surface area (Å²) in [6, 6.07) is 0. The van der Waals surface area contributed by atoms with Crippen molar-refractivity contribution in [2.45, 2.75) is 44.9 Å². The molecule has 2 saturated carbocycles. The number of rotatable bonds is 3. The molecule has 2 aliphatic rings. The zero-order valence-corrected chi connectivity index (χ0v) is 9.13. The van der Waals surface area contributed by atoms with Crippen LogP contribution in [0.25, 0.3) is 0 Å². The lowest BCUT2D eigenvalue weighted by Crippen LogP contribution is -2.37. The van der Waals surface area contributed by atoms with Crippen LogP contribution in [-0.4, -0.2) is 18.2 Å². The summed E-state index contributed by atoms with van der Waals surface area (Å²) in [5.41, 5.74) is 0. The van der Waals surface area contributed by atoms with Gasteiger partial charge in [-0.25, -0.2) is 0 Å². The molecule has 0 radical (unpaired) electrons. The van der Waals surface area contributed by atoms with Crippen LogP contribution in [0.15, 0.2) is 0 Å². The van der Waals surface area contributed by atoms with Gasteiger partial charge in [0.25, 0.3) is 0 Å². The molecule has 0 aromatic carbocycles. The van der Waals surface area contributed by atoms with E-state index in [1.807, 2.05) is 0 Å². The molecular weight excluding hydrogens is 190 g/mol. The second-order valence-electron chi connectivity index (χ2n) is 4.86. The quantitative estimate of drug-likeness (QED) is 0.768. The second-order valence-corrected chi connectivity index (χ2v) is 4.86. The van der Waals surface area contributed by atoms with Gasteiger partial charge in [0.1, 0.15) is 5.78 Å². The highest BCUT2D eigenvalue weighted by Gasteiger charge is 2.25. The predicted octanol–water partition coefficient (Wildman–Crippen LogP) is 1.66. The van der Waals surface area contributed by atoms with Crippen molar-refractivity contribution in [3.63, 3.8) is 0 Å². The number of hydrogen-bond acceptors (Lipinski definition) is 2. The van der Waals surface area contributed by atoms with E-state index in [2.05, 4.69) is 5.32 Å². The Kier molecular flexibility index (Phi) is 3.39. The largest absolute Gasteiger partial charge is 0.356 e. The number of hydrogen-bond donors (Lipinski definition) is 1. The van der Waals surface area contributed by atoms with Gasteiger partial charge in [0.2, 0.25) is 5.91 Å². The number of nitrogens with one attached hydrogen (secondary N) is 1. The third kappa shape index (κ3) is 2.80. The molecule has 0 aromatic heterocycles. The van der Waals surface area contributed by atoms with Crippen LogP contribution in [0.3, 0.4) is 0 Å². The summed E-state index contributed by atoms with van der Waals surface area (Å²) >= 11 is 0. The Morgan fingerprint density at radius 3 is 2.40 bits per heavy atom. The van der Waals surface area contributed by atoms with Crippen molar-refractivity contribution in [3.8, 4) is 0 Å². The van der Waals surface area contributed by atoms with Crippen LogP contribution < -0.4 is 5.32 Å². The summed E-state index contributed by atoms with van der Waals surface area (Å²) in [7, 11) is 0. The molecule has 0 heterocycles. The van der Waals surface area contributed by atoms with Crippen molar-refractivity contribution in [1.82, 2.24) is 5.32 Å². The SMILES string of the molecule is O=C1CCC(C(=O)NCC2CCC2)CC1. The van der Waals surface area contributed by atoms with Crippen LogP contribution in [0.2, 0.25) is 0 Å². The molecule has 0 bridgehead atoms. The van der Waals surface area contributed by atoms with Crippen molar-refractivity contribution in [1.29, 1.82) is 0 Å². The van der Waals surface area contributed by atoms with E-state index < -0.39 is 0 Å². The molecule has 2 fully saturated rings. The fourth-order valence-corrected chi connectivity index (χ4v) is 2.29. The average Bonchev–Trinajstić information content (AvgIpc) is 2.16. The molecule has 0 spiro atoms. The van der Waals surface area contributed by atoms with Crippen molar-refractivity contribution in [2.24, 2.45) is 11.8 Å². The summed E-state index contributed by atoms with van der Waals surface area (Å²) in [5.74, 6) is 1.31. The summed E-state index contributed by atoms with van der Waals surface area (Å²) in [6.45, 7) is 0.850. The normalized spacial score (nSPS) is 23.6. The van der Waals surface area contributed by atoms with Gasteiger partial charge < -0.3 is 5.32 Å². The molecule has 0 aliphatic heterocycles. The van der Waals surface area contributed by atoms with Gasteiger partial charge in [0.05, 0.1) is 0 Å². The molecular formula is C12H19NO2. The molecule has 1 amide bonds. The lowest BCUT2D eigenvalue weighted by atomic mass is 9.84. The third-order valence-electron chi connectivity index (χ3n) is 3.70. The summed E-state index contributed by atoms with van der Waals surface area (Å²) < 4.78 is 0. The maximum atomic E-state index is 11.7. The van der Waals surface area contributed by atoms with E-state index in [1.165, 1.54) is 19.3 Å². The van der Waals surface area contributed by atoms with E-state index in [0.717, 1.165) is 25.3 Å². The van der Waals surface area contributed by atoms with Crippen molar-refractivity contribution >= 4 is 11.7 Å². The Hall–Kier alpha value is -0.860. The van der Waals surface area contributed by atoms with Crippen LogP contribution in [0.1, 0.15) is 44.9 Å². The van der Waals surface area contributed by atoms with Gasteiger partial charge in [-0.3, -0.25) is 9.59 Å². The lowest BCUT2D eigenvalue weighted by molar-refractivity contribution is -0.128. The minimum Gasteiger partial charge on any atom is -0.356 e. The van der Waals surface area contributed by atoms with E-state index in [9.17, 15) is 9.59 Å². The van der Waals surface area contributed by atoms with Crippen LogP contribution in [0.4, 0.5) is 0 Å². The van der Waals surface area contributed by atoms with E-state index in [4.69, 9.17) is 0 Å². The Bertz CT molecular complexity index is 248. The van der Waals surface area contributed by atoms with Crippen LogP contribution in [-0.2, 0) is 9.59 Å². The zero-order chi connectivity index (χ0) is 10.7. The molecule has 2 rings (SSSR count). The van der Waals surface area contributed by atoms with Gasteiger partial charge in [0.15, 0.2) is 0 Å². The summed E-state index contributed by atoms with van der Waals surface area (Å²) in [6.07, 6.45) is 6.57. The molecule has 0 saturated heterocycles. The van der Waals surface area contributed by atoms with Crippen molar-refractivity contribution in [3.05, 3.63) is 0 Å². The first-order valence-corrected chi connectivity index (χ1v) is 6.05. The highest BCUT2D eigenvalue weighted by molar-refractivity contribution is 5.84. The fourth-order valence-electron chi connectivity index (χ4n) is 2.29. The highest BCUT2D eigenvalue weighted by Crippen LogP contribution is 2.26. The molecule has 2 aliphatic carbocycles. The standard InChI is InChI=1S/C12H19NO2/c14-11-6-4-10(5-7-11)12(15)13-8-9-2-1-3-9/h9-10H,1-8H2,(H,13,15). The van der Waals surface area contributed by atoms with Gasteiger partial charge in [-0.05, 0) is 31.6 Å². The smallest absolute Gasteiger partial charge is 0.223 e. The van der Waals surface area contributed by atoms with Gasteiger partial charge in [-0.1, -0.05) is 6.42 Å². The minimum absolute atomic E-state index is 0.0998. The first-order chi connectivity index (χ1) is 7.25. The Labute approximate surface area is 90.6 Å². The summed E-state index contributed by atoms with van der Waals surface area (Å²) in [5, 5.41) is 3.02. The van der Waals surface area contributed by atoms with E-state index in [-0.39, 0.29) is 11.8 Å². The molecule has 15 heavy (non-hydrogen) atoms. The second kappa shape index (κ2) is 4.77. The monoisotopic (exact) mass is 209 g/mol. The zero-order valence-electron chi connectivity index (χ0n) is 9.13. The predicted molar refractivity (Wildman–Crippen MR) is 57.3 cm³/mol. The Morgan fingerprint density at radius 2 is 1.87 bits per heavy atom. The fraction of sp³-hybridized carbons (Fsp3) is 0.833. The molecule has 0 aromatic rings. The molecule has 3 nitrogen and oxygen atoms in total. The van der Waals surface area contributed by atoms with E-state index in [0.29, 0.717) is 18.6 Å². The Morgan fingerprint density at radius 1 is 1.20 bits per heavy atom. The van der Waals surface area contributed by atoms with Gasteiger partial charge in [-0.15, -0.1) is 0 Å². The van der Waals surface area contributed by atoms with E-state index >= 15 is 0 Å². The van der Waals surface area contributed by atoms with E-state index in [1.54, 1.807) is 0 Å². The van der Waals surface area contributed by atoms with Gasteiger partial charge in [-0.2, -0.15) is 0 Å². The molecule has 0 unspecified atom stereocenters. The van der Waals surface area contributed by atoms with Crippen molar-refractivity contribution in [2.75, 3.05) is 6.54 Å². The molecule has 0 atom stereocenters. The van der Waals surface area contributed by atoms with Crippen LogP contribution in [0, 0.1) is 11.8 Å². The number of amides is 1. The first-order valence-electron chi connectivity index (χ1n) is 6.05. The minimum atomic E-state index is 0.0998. The average molecular weight is 209 g/mol. The lowest BCUT2D eigenvalue weighted by Gasteiger charge is -2.27. The number of Topliss-reactive ketones (excluding diaryl/α,β-unsaturated/α-hetero) is 1. The van der Waals surface area contributed by atoms with Gasteiger partial charge in [0, 0.05) is 25.3 Å². The maximum absolute atomic E-state index is 11.7. The summed E-state index contributed by atoms with van der Waals surface area (Å²) in [4.78, 5) is 22.7. The highest BCUT2D eigenvalue weighted by atomic mass is 16.2. The third-order valence-corrected chi connectivity index (χ3v) is 3.70.